The average molecular weight is 259 g/mol. The first-order valence-electron chi connectivity index (χ1n) is 7.09. The second-order valence-corrected chi connectivity index (χ2v) is 6.20. The molecule has 96 valence electrons. The van der Waals surface area contributed by atoms with Crippen LogP contribution in [0, 0.1) is 0 Å². The largest absolute Gasteiger partial charge is 0.313 e. The fraction of sp³-hybridized carbons (Fsp3) is 0.500. The van der Waals surface area contributed by atoms with Crippen LogP contribution in [0.5, 0.6) is 0 Å². The van der Waals surface area contributed by atoms with Gasteiger partial charge in [-0.1, -0.05) is 31.5 Å². The molecule has 2 heteroatoms. The van der Waals surface area contributed by atoms with E-state index in [9.17, 15) is 0 Å². The maximum absolute atomic E-state index is 3.74. The van der Waals surface area contributed by atoms with Crippen molar-refractivity contribution < 1.29 is 0 Å². The van der Waals surface area contributed by atoms with Crippen molar-refractivity contribution in [2.24, 2.45) is 0 Å². The fourth-order valence-corrected chi connectivity index (χ4v) is 4.19. The van der Waals surface area contributed by atoms with Crippen LogP contribution in [0.15, 0.2) is 29.6 Å². The maximum Gasteiger partial charge on any atom is 0.0378 e. The van der Waals surface area contributed by atoms with Gasteiger partial charge in [0.1, 0.15) is 0 Å². The highest BCUT2D eigenvalue weighted by Gasteiger charge is 2.29. The van der Waals surface area contributed by atoms with Crippen molar-refractivity contribution in [3.05, 3.63) is 35.2 Å². The van der Waals surface area contributed by atoms with Crippen LogP contribution in [0.2, 0.25) is 0 Å². The molecule has 1 aliphatic carbocycles. The van der Waals surface area contributed by atoms with E-state index in [0.29, 0.717) is 6.04 Å². The number of benzene rings is 1. The van der Waals surface area contributed by atoms with Crippen molar-refractivity contribution in [2.75, 3.05) is 6.54 Å². The molecular formula is C16H21NS. The molecule has 0 saturated heterocycles. The number of nitrogens with one attached hydrogen (secondary N) is 1. The molecule has 1 aliphatic rings. The minimum atomic E-state index is 0.692. The summed E-state index contributed by atoms with van der Waals surface area (Å²) >= 11 is 1.90. The number of fused-ring (bicyclic) bond motifs is 1. The standard InChI is InChI=1S/C16H21NS/c1-2-10-17-15-8-4-6-13(15)14-7-3-5-12-9-11-18-16(12)14/h3,5,7,9,11,13,15,17H,2,4,6,8,10H2,1H3. The zero-order valence-corrected chi connectivity index (χ0v) is 11.8. The first-order valence-corrected chi connectivity index (χ1v) is 7.97. The van der Waals surface area contributed by atoms with Crippen LogP contribution in [0.4, 0.5) is 0 Å². The number of hydrogen-bond acceptors (Lipinski definition) is 2. The molecular weight excluding hydrogens is 238 g/mol. The van der Waals surface area contributed by atoms with E-state index in [1.807, 2.05) is 11.3 Å². The average Bonchev–Trinajstić information content (AvgIpc) is 3.04. The van der Waals surface area contributed by atoms with Crippen molar-refractivity contribution in [1.82, 2.24) is 5.32 Å². The molecule has 0 aliphatic heterocycles. The lowest BCUT2D eigenvalue weighted by molar-refractivity contribution is 0.481. The molecule has 1 fully saturated rings. The summed E-state index contributed by atoms with van der Waals surface area (Å²) in [5.41, 5.74) is 1.58. The minimum absolute atomic E-state index is 0.692. The quantitative estimate of drug-likeness (QED) is 0.850. The molecule has 1 N–H and O–H groups in total. The van der Waals surface area contributed by atoms with E-state index in [-0.39, 0.29) is 0 Å². The van der Waals surface area contributed by atoms with Crippen LogP contribution in [-0.2, 0) is 0 Å². The van der Waals surface area contributed by atoms with Gasteiger partial charge >= 0.3 is 0 Å². The summed E-state index contributed by atoms with van der Waals surface area (Å²) in [6.07, 6.45) is 5.28. The van der Waals surface area contributed by atoms with Crippen molar-refractivity contribution in [3.8, 4) is 0 Å². The third-order valence-electron chi connectivity index (χ3n) is 4.08. The van der Waals surface area contributed by atoms with E-state index in [1.54, 1.807) is 5.56 Å². The van der Waals surface area contributed by atoms with E-state index in [4.69, 9.17) is 0 Å². The van der Waals surface area contributed by atoms with Crippen molar-refractivity contribution >= 4 is 21.4 Å². The molecule has 2 unspecified atom stereocenters. The highest BCUT2D eigenvalue weighted by atomic mass is 32.1. The van der Waals surface area contributed by atoms with Crippen LogP contribution in [0.3, 0.4) is 0 Å². The Kier molecular flexibility index (Phi) is 3.67. The van der Waals surface area contributed by atoms with E-state index in [1.165, 1.54) is 35.8 Å². The summed E-state index contributed by atoms with van der Waals surface area (Å²) in [4.78, 5) is 0. The van der Waals surface area contributed by atoms with Gasteiger partial charge in [0.05, 0.1) is 0 Å². The molecule has 1 saturated carbocycles. The Morgan fingerprint density at radius 3 is 3.11 bits per heavy atom. The summed E-state index contributed by atoms with van der Waals surface area (Å²) in [6.45, 7) is 3.40. The van der Waals surface area contributed by atoms with Crippen LogP contribution < -0.4 is 5.32 Å². The highest BCUT2D eigenvalue weighted by molar-refractivity contribution is 7.17. The Hall–Kier alpha value is -0.860. The summed E-state index contributed by atoms with van der Waals surface area (Å²) in [5, 5.41) is 7.38. The maximum atomic E-state index is 3.74. The SMILES string of the molecule is CCCNC1CCCC1c1cccc2ccsc12. The van der Waals surface area contributed by atoms with Crippen LogP contribution in [0.25, 0.3) is 10.1 Å². The molecule has 1 aromatic heterocycles. The Balaban J connectivity index is 1.90. The molecule has 1 heterocycles. The molecule has 1 aromatic carbocycles. The van der Waals surface area contributed by atoms with Gasteiger partial charge in [-0.05, 0) is 48.2 Å². The van der Waals surface area contributed by atoms with Gasteiger partial charge in [-0.2, -0.15) is 0 Å². The van der Waals surface area contributed by atoms with Gasteiger partial charge in [0.15, 0.2) is 0 Å². The Bertz CT molecular complexity index is 517. The summed E-state index contributed by atoms with van der Waals surface area (Å²) < 4.78 is 1.51. The van der Waals surface area contributed by atoms with Gasteiger partial charge in [0, 0.05) is 16.7 Å². The van der Waals surface area contributed by atoms with Gasteiger partial charge in [0.25, 0.3) is 0 Å². The van der Waals surface area contributed by atoms with Crippen molar-refractivity contribution in [3.63, 3.8) is 0 Å². The lowest BCUT2D eigenvalue weighted by atomic mass is 9.93. The minimum Gasteiger partial charge on any atom is -0.313 e. The topological polar surface area (TPSA) is 12.0 Å². The predicted octanol–water partition coefficient (Wildman–Crippen LogP) is 4.54. The molecule has 1 nitrogen and oxygen atoms in total. The van der Waals surface area contributed by atoms with E-state index in [0.717, 1.165) is 12.5 Å². The molecule has 0 bridgehead atoms. The highest BCUT2D eigenvalue weighted by Crippen LogP contribution is 2.39. The van der Waals surface area contributed by atoms with Gasteiger partial charge in [-0.3, -0.25) is 0 Å². The summed E-state index contributed by atoms with van der Waals surface area (Å²) in [7, 11) is 0. The number of rotatable bonds is 4. The molecule has 18 heavy (non-hydrogen) atoms. The fourth-order valence-electron chi connectivity index (χ4n) is 3.21. The van der Waals surface area contributed by atoms with Gasteiger partial charge in [0.2, 0.25) is 0 Å². The van der Waals surface area contributed by atoms with E-state index < -0.39 is 0 Å². The molecule has 0 amide bonds. The molecule has 0 radical (unpaired) electrons. The van der Waals surface area contributed by atoms with Crippen molar-refractivity contribution in [1.29, 1.82) is 0 Å². The second-order valence-electron chi connectivity index (χ2n) is 5.28. The molecule has 2 atom stereocenters. The lowest BCUT2D eigenvalue weighted by Gasteiger charge is -2.22. The zero-order chi connectivity index (χ0) is 12.4. The Morgan fingerprint density at radius 2 is 2.22 bits per heavy atom. The third kappa shape index (κ3) is 2.19. The first kappa shape index (κ1) is 12.2. The van der Waals surface area contributed by atoms with E-state index in [2.05, 4.69) is 41.9 Å². The monoisotopic (exact) mass is 259 g/mol. The Morgan fingerprint density at radius 1 is 1.28 bits per heavy atom. The lowest BCUT2D eigenvalue weighted by Crippen LogP contribution is -2.31. The number of hydrogen-bond donors (Lipinski definition) is 1. The third-order valence-corrected chi connectivity index (χ3v) is 5.06. The first-order chi connectivity index (χ1) is 8.90. The van der Waals surface area contributed by atoms with Gasteiger partial charge < -0.3 is 5.32 Å². The zero-order valence-electron chi connectivity index (χ0n) is 11.0. The smallest absolute Gasteiger partial charge is 0.0378 e. The summed E-state index contributed by atoms with van der Waals surface area (Å²) in [6, 6.07) is 9.73. The Labute approximate surface area is 113 Å². The van der Waals surface area contributed by atoms with Gasteiger partial charge in [-0.15, -0.1) is 11.3 Å². The van der Waals surface area contributed by atoms with Gasteiger partial charge in [-0.25, -0.2) is 0 Å². The molecule has 2 aromatic rings. The molecule has 3 rings (SSSR count). The second kappa shape index (κ2) is 5.41. The van der Waals surface area contributed by atoms with Crippen molar-refractivity contribution in [2.45, 2.75) is 44.6 Å². The van der Waals surface area contributed by atoms with Crippen LogP contribution in [-0.4, -0.2) is 12.6 Å². The molecule has 0 spiro atoms. The normalized spacial score (nSPS) is 23.8. The van der Waals surface area contributed by atoms with Crippen LogP contribution >= 0.6 is 11.3 Å². The van der Waals surface area contributed by atoms with E-state index >= 15 is 0 Å². The number of thiophene rings is 1. The predicted molar refractivity (Wildman–Crippen MR) is 80.5 cm³/mol. The van der Waals surface area contributed by atoms with Crippen LogP contribution in [0.1, 0.15) is 44.1 Å². The summed E-state index contributed by atoms with van der Waals surface area (Å²) in [5.74, 6) is 0.721.